The zero-order valence-electron chi connectivity index (χ0n) is 13.2. The minimum absolute atomic E-state index is 0.279. The van der Waals surface area contributed by atoms with Crippen molar-refractivity contribution in [3.63, 3.8) is 0 Å². The summed E-state index contributed by atoms with van der Waals surface area (Å²) in [6, 6.07) is 17.1. The molecule has 0 amide bonds. The van der Waals surface area contributed by atoms with Crippen LogP contribution in [-0.4, -0.2) is 16.2 Å². The van der Waals surface area contributed by atoms with Gasteiger partial charge in [0.2, 0.25) is 0 Å². The second kappa shape index (κ2) is 6.48. The van der Waals surface area contributed by atoms with Gasteiger partial charge in [0, 0.05) is 11.3 Å². The lowest BCUT2D eigenvalue weighted by atomic mass is 10.0. The Hall–Kier alpha value is -2.88. The molecule has 2 aromatic carbocycles. The van der Waals surface area contributed by atoms with E-state index in [9.17, 15) is 4.79 Å². The Morgan fingerprint density at radius 3 is 2.35 bits per heavy atom. The van der Waals surface area contributed by atoms with Gasteiger partial charge in [-0.2, -0.15) is 5.10 Å². The molecule has 0 spiro atoms. The molecule has 23 heavy (non-hydrogen) atoms. The summed E-state index contributed by atoms with van der Waals surface area (Å²) in [7, 11) is 0. The molecule has 0 atom stereocenters. The van der Waals surface area contributed by atoms with Gasteiger partial charge < -0.3 is 4.74 Å². The topological polar surface area (TPSA) is 55.0 Å². The predicted molar refractivity (Wildman–Crippen MR) is 89.1 cm³/mol. The van der Waals surface area contributed by atoms with Crippen LogP contribution >= 0.6 is 0 Å². The number of rotatable bonds is 4. The average molecular weight is 306 g/mol. The molecule has 1 aromatic heterocycles. The highest BCUT2D eigenvalue weighted by Crippen LogP contribution is 2.25. The molecule has 4 heteroatoms. The van der Waals surface area contributed by atoms with Gasteiger partial charge in [0.05, 0.1) is 11.3 Å². The minimum atomic E-state index is -0.318. The number of benzene rings is 2. The molecule has 0 saturated carbocycles. The summed E-state index contributed by atoms with van der Waals surface area (Å²) in [6.45, 7) is 4.22. The Kier molecular flexibility index (Phi) is 4.24. The van der Waals surface area contributed by atoms with Crippen molar-refractivity contribution in [1.29, 1.82) is 0 Å². The van der Waals surface area contributed by atoms with E-state index in [1.54, 1.807) is 12.1 Å². The lowest BCUT2D eigenvalue weighted by Gasteiger charge is -2.06. The number of nitrogens with zero attached hydrogens (tertiary/aromatic N) is 1. The minimum Gasteiger partial charge on any atom is -0.457 e. The molecule has 0 aliphatic carbocycles. The van der Waals surface area contributed by atoms with E-state index >= 15 is 0 Å². The highest BCUT2D eigenvalue weighted by atomic mass is 16.5. The second-order valence-corrected chi connectivity index (χ2v) is 5.45. The number of ether oxygens (including phenoxy) is 1. The molecule has 1 N–H and O–H groups in total. The molecule has 0 unspecified atom stereocenters. The zero-order valence-corrected chi connectivity index (χ0v) is 13.2. The predicted octanol–water partition coefficient (Wildman–Crippen LogP) is 4.05. The highest BCUT2D eigenvalue weighted by molar-refractivity contribution is 5.90. The molecule has 4 nitrogen and oxygen atoms in total. The van der Waals surface area contributed by atoms with E-state index in [4.69, 9.17) is 4.74 Å². The molecule has 0 saturated heterocycles. The summed E-state index contributed by atoms with van der Waals surface area (Å²) in [6.07, 6.45) is 0. The number of aromatic nitrogens is 2. The summed E-state index contributed by atoms with van der Waals surface area (Å²) in [5.74, 6) is -0.318. The maximum Gasteiger partial charge on any atom is 0.338 e. The lowest BCUT2D eigenvalue weighted by molar-refractivity contribution is 0.0473. The number of hydrogen-bond acceptors (Lipinski definition) is 3. The summed E-state index contributed by atoms with van der Waals surface area (Å²) < 4.78 is 5.33. The number of nitrogens with one attached hydrogen (secondary N) is 1. The van der Waals surface area contributed by atoms with Gasteiger partial charge in [-0.05, 0) is 37.1 Å². The van der Waals surface area contributed by atoms with Crippen LogP contribution < -0.4 is 0 Å². The van der Waals surface area contributed by atoms with Crippen molar-refractivity contribution in [2.45, 2.75) is 20.5 Å². The lowest BCUT2D eigenvalue weighted by Crippen LogP contribution is -2.05. The van der Waals surface area contributed by atoms with E-state index in [0.717, 1.165) is 28.1 Å². The van der Waals surface area contributed by atoms with Crippen LogP contribution in [-0.2, 0) is 11.3 Å². The first kappa shape index (κ1) is 15.0. The summed E-state index contributed by atoms with van der Waals surface area (Å²) in [4.78, 5) is 12.1. The Morgan fingerprint density at radius 2 is 1.74 bits per heavy atom. The van der Waals surface area contributed by atoms with E-state index in [-0.39, 0.29) is 12.6 Å². The molecular weight excluding hydrogens is 288 g/mol. The zero-order chi connectivity index (χ0) is 16.2. The SMILES string of the molecule is Cc1n[nH]c(C)c1-c1ccc(C(=O)OCc2ccccc2)cc1. The molecule has 3 rings (SSSR count). The first-order chi connectivity index (χ1) is 11.1. The van der Waals surface area contributed by atoms with E-state index < -0.39 is 0 Å². The smallest absolute Gasteiger partial charge is 0.338 e. The maximum atomic E-state index is 12.1. The van der Waals surface area contributed by atoms with Gasteiger partial charge >= 0.3 is 5.97 Å². The number of carbonyl (C=O) groups excluding carboxylic acids is 1. The van der Waals surface area contributed by atoms with E-state index in [1.165, 1.54) is 0 Å². The monoisotopic (exact) mass is 306 g/mol. The number of aryl methyl sites for hydroxylation is 2. The van der Waals surface area contributed by atoms with Crippen molar-refractivity contribution in [3.05, 3.63) is 77.1 Å². The standard InChI is InChI=1S/C19H18N2O2/c1-13-18(14(2)21-20-13)16-8-10-17(11-9-16)19(22)23-12-15-6-4-3-5-7-15/h3-11H,12H2,1-2H3,(H,20,21). The first-order valence-corrected chi connectivity index (χ1v) is 7.48. The van der Waals surface area contributed by atoms with Gasteiger partial charge in [-0.1, -0.05) is 42.5 Å². The molecule has 0 radical (unpaired) electrons. The Morgan fingerprint density at radius 1 is 1.04 bits per heavy atom. The Labute approximate surface area is 135 Å². The van der Waals surface area contributed by atoms with E-state index in [2.05, 4.69) is 10.2 Å². The molecule has 0 fully saturated rings. The molecule has 0 bridgehead atoms. The molecule has 0 aliphatic rings. The third-order valence-corrected chi connectivity index (χ3v) is 3.75. The van der Waals surface area contributed by atoms with Gasteiger partial charge in [-0.15, -0.1) is 0 Å². The number of esters is 1. The van der Waals surface area contributed by atoms with Gasteiger partial charge in [-0.25, -0.2) is 4.79 Å². The van der Waals surface area contributed by atoms with Crippen LogP contribution in [0.2, 0.25) is 0 Å². The molecular formula is C19H18N2O2. The summed E-state index contributed by atoms with van der Waals surface area (Å²) in [5.41, 5.74) is 5.59. The van der Waals surface area contributed by atoms with Gasteiger partial charge in [0.15, 0.2) is 0 Å². The van der Waals surface area contributed by atoms with Gasteiger partial charge in [0.1, 0.15) is 6.61 Å². The quantitative estimate of drug-likeness (QED) is 0.740. The van der Waals surface area contributed by atoms with Crippen molar-refractivity contribution in [1.82, 2.24) is 10.2 Å². The fraction of sp³-hybridized carbons (Fsp3) is 0.158. The van der Waals surface area contributed by atoms with Crippen molar-refractivity contribution in [3.8, 4) is 11.1 Å². The third kappa shape index (κ3) is 3.31. The normalized spacial score (nSPS) is 10.5. The van der Waals surface area contributed by atoms with Crippen molar-refractivity contribution >= 4 is 5.97 Å². The van der Waals surface area contributed by atoms with Crippen molar-refractivity contribution in [2.75, 3.05) is 0 Å². The number of hydrogen-bond donors (Lipinski definition) is 1. The van der Waals surface area contributed by atoms with E-state index in [1.807, 2.05) is 56.3 Å². The number of carbonyl (C=O) groups is 1. The molecule has 3 aromatic rings. The summed E-state index contributed by atoms with van der Waals surface area (Å²) >= 11 is 0. The number of aromatic amines is 1. The largest absolute Gasteiger partial charge is 0.457 e. The van der Waals surface area contributed by atoms with Crippen molar-refractivity contribution < 1.29 is 9.53 Å². The average Bonchev–Trinajstić information content (AvgIpc) is 2.92. The van der Waals surface area contributed by atoms with Crippen molar-refractivity contribution in [2.24, 2.45) is 0 Å². The van der Waals surface area contributed by atoms with Crippen LogP contribution in [0.4, 0.5) is 0 Å². The fourth-order valence-corrected chi connectivity index (χ4v) is 2.56. The van der Waals surface area contributed by atoms with Crippen LogP contribution in [0.1, 0.15) is 27.3 Å². The molecule has 116 valence electrons. The second-order valence-electron chi connectivity index (χ2n) is 5.45. The Balaban J connectivity index is 1.71. The van der Waals surface area contributed by atoms with Crippen LogP contribution in [0.3, 0.4) is 0 Å². The highest BCUT2D eigenvalue weighted by Gasteiger charge is 2.11. The maximum absolute atomic E-state index is 12.1. The van der Waals surface area contributed by atoms with Crippen LogP contribution in [0.15, 0.2) is 54.6 Å². The third-order valence-electron chi connectivity index (χ3n) is 3.75. The fourth-order valence-electron chi connectivity index (χ4n) is 2.56. The Bertz CT molecular complexity index is 786. The van der Waals surface area contributed by atoms with Crippen LogP contribution in [0, 0.1) is 13.8 Å². The van der Waals surface area contributed by atoms with E-state index in [0.29, 0.717) is 5.56 Å². The van der Waals surface area contributed by atoms with Crippen LogP contribution in [0.5, 0.6) is 0 Å². The first-order valence-electron chi connectivity index (χ1n) is 7.48. The van der Waals surface area contributed by atoms with Gasteiger partial charge in [0.25, 0.3) is 0 Å². The van der Waals surface area contributed by atoms with Gasteiger partial charge in [-0.3, -0.25) is 5.10 Å². The van der Waals surface area contributed by atoms with Crippen LogP contribution in [0.25, 0.3) is 11.1 Å². The number of H-pyrrole nitrogens is 1. The molecule has 0 aliphatic heterocycles. The molecule has 1 heterocycles. The summed E-state index contributed by atoms with van der Waals surface area (Å²) in [5, 5.41) is 7.17.